The van der Waals surface area contributed by atoms with Crippen LogP contribution in [0.25, 0.3) is 10.4 Å². The summed E-state index contributed by atoms with van der Waals surface area (Å²) in [5.41, 5.74) is 9.24. The molecule has 0 aromatic heterocycles. The van der Waals surface area contributed by atoms with Gasteiger partial charge in [0.05, 0.1) is 13.2 Å². The van der Waals surface area contributed by atoms with Gasteiger partial charge in [-0.1, -0.05) is 35.4 Å². The second-order valence-electron chi connectivity index (χ2n) is 3.24. The molecule has 6 nitrogen and oxygen atoms in total. The lowest BCUT2D eigenvalue weighted by molar-refractivity contribution is -0.153. The molecule has 17 heavy (non-hydrogen) atoms. The highest BCUT2D eigenvalue weighted by Gasteiger charge is 2.29. The Morgan fingerprint density at radius 1 is 1.35 bits per heavy atom. The van der Waals surface area contributed by atoms with Crippen molar-refractivity contribution in [2.45, 2.75) is 12.1 Å². The Morgan fingerprint density at radius 3 is 2.47 bits per heavy atom. The molecule has 0 saturated carbocycles. The number of ether oxygens (including phenoxy) is 2. The summed E-state index contributed by atoms with van der Waals surface area (Å²) in [5.74, 6) is -0.575. The number of rotatable bonds is 5. The highest BCUT2D eigenvalue weighted by atomic mass is 16.6. The van der Waals surface area contributed by atoms with Crippen molar-refractivity contribution in [1.29, 1.82) is 0 Å². The van der Waals surface area contributed by atoms with Crippen molar-refractivity contribution in [2.75, 3.05) is 14.2 Å². The van der Waals surface area contributed by atoms with Gasteiger partial charge in [0.1, 0.15) is 0 Å². The Kier molecular flexibility index (Phi) is 5.00. The normalized spacial score (nSPS) is 13.3. The number of methoxy groups -OCH3 is 2. The molecule has 1 rings (SSSR count). The van der Waals surface area contributed by atoms with Crippen LogP contribution < -0.4 is 0 Å². The summed E-state index contributed by atoms with van der Waals surface area (Å²) < 4.78 is 9.64. The maximum Gasteiger partial charge on any atom is 0.335 e. The van der Waals surface area contributed by atoms with Gasteiger partial charge in [-0.2, -0.15) is 0 Å². The van der Waals surface area contributed by atoms with Crippen LogP contribution in [0.15, 0.2) is 35.4 Å². The molecule has 0 spiro atoms. The minimum atomic E-state index is -0.946. The van der Waals surface area contributed by atoms with Crippen LogP contribution in [-0.4, -0.2) is 26.3 Å². The Labute approximate surface area is 98.8 Å². The molecule has 0 radical (unpaired) electrons. The largest absolute Gasteiger partial charge is 0.467 e. The minimum Gasteiger partial charge on any atom is -0.467 e. The SMILES string of the molecule is COC(=O)[C@@H](OC)C(N=[N+]=[N-])c1ccccc1. The van der Waals surface area contributed by atoms with Gasteiger partial charge in [-0.15, -0.1) is 0 Å². The third kappa shape index (κ3) is 3.21. The monoisotopic (exact) mass is 235 g/mol. The summed E-state index contributed by atoms with van der Waals surface area (Å²) in [6.07, 6.45) is -0.946. The molecule has 0 aliphatic heterocycles. The number of carbonyl (C=O) groups is 1. The molecule has 1 unspecified atom stereocenters. The zero-order valence-corrected chi connectivity index (χ0v) is 9.61. The second-order valence-corrected chi connectivity index (χ2v) is 3.24. The third-order valence-corrected chi connectivity index (χ3v) is 2.29. The van der Waals surface area contributed by atoms with Crippen molar-refractivity contribution in [3.63, 3.8) is 0 Å². The first-order chi connectivity index (χ1) is 8.24. The van der Waals surface area contributed by atoms with Gasteiger partial charge in [-0.25, -0.2) is 4.79 Å². The fourth-order valence-corrected chi connectivity index (χ4v) is 1.48. The molecule has 0 N–H and O–H groups in total. The number of carbonyl (C=O) groups excluding carboxylic acids is 1. The summed E-state index contributed by atoms with van der Waals surface area (Å²) in [4.78, 5) is 14.2. The van der Waals surface area contributed by atoms with E-state index >= 15 is 0 Å². The molecule has 0 amide bonds. The quantitative estimate of drug-likeness (QED) is 0.339. The Hall–Kier alpha value is -2.04. The van der Waals surface area contributed by atoms with Gasteiger partial charge in [-0.3, -0.25) is 0 Å². The lowest BCUT2D eigenvalue weighted by atomic mass is 10.0. The molecule has 0 fully saturated rings. The van der Waals surface area contributed by atoms with E-state index in [9.17, 15) is 4.79 Å². The van der Waals surface area contributed by atoms with E-state index in [0.717, 1.165) is 0 Å². The van der Waals surface area contributed by atoms with Crippen molar-refractivity contribution >= 4 is 5.97 Å². The average Bonchev–Trinajstić information content (AvgIpc) is 2.39. The highest BCUT2D eigenvalue weighted by molar-refractivity contribution is 5.75. The summed E-state index contributed by atoms with van der Waals surface area (Å²) >= 11 is 0. The molecule has 1 aromatic rings. The van der Waals surface area contributed by atoms with E-state index in [0.29, 0.717) is 5.56 Å². The van der Waals surface area contributed by atoms with Crippen LogP contribution in [0, 0.1) is 0 Å². The Balaban J connectivity index is 3.08. The Morgan fingerprint density at radius 2 is 2.00 bits per heavy atom. The summed E-state index contributed by atoms with van der Waals surface area (Å²) in [6, 6.07) is 8.19. The highest BCUT2D eigenvalue weighted by Crippen LogP contribution is 2.24. The van der Waals surface area contributed by atoms with E-state index < -0.39 is 18.1 Å². The topological polar surface area (TPSA) is 84.3 Å². The lowest BCUT2D eigenvalue weighted by Crippen LogP contribution is -2.30. The number of azide groups is 1. The predicted octanol–water partition coefficient (Wildman–Crippen LogP) is 2.23. The van der Waals surface area contributed by atoms with E-state index in [2.05, 4.69) is 14.8 Å². The van der Waals surface area contributed by atoms with Crippen molar-refractivity contribution in [1.82, 2.24) is 0 Å². The van der Waals surface area contributed by atoms with Crippen LogP contribution in [0.4, 0.5) is 0 Å². The fraction of sp³-hybridized carbons (Fsp3) is 0.364. The number of hydrogen-bond donors (Lipinski definition) is 0. The smallest absolute Gasteiger partial charge is 0.335 e. The van der Waals surface area contributed by atoms with Crippen LogP contribution in [0.3, 0.4) is 0 Å². The standard InChI is InChI=1S/C11H13N3O3/c1-16-10(11(15)17-2)9(13-14-12)8-6-4-3-5-7-8/h3-7,9-10H,1-2H3/t9?,10-/m0/s1. The average molecular weight is 235 g/mol. The Bertz CT molecular complexity index is 415. The molecule has 0 bridgehead atoms. The molecule has 0 heterocycles. The van der Waals surface area contributed by atoms with Crippen LogP contribution >= 0.6 is 0 Å². The van der Waals surface area contributed by atoms with E-state index in [-0.39, 0.29) is 0 Å². The van der Waals surface area contributed by atoms with Crippen molar-refractivity contribution in [3.05, 3.63) is 46.3 Å². The first kappa shape index (κ1) is 13.0. The molecular weight excluding hydrogens is 222 g/mol. The van der Waals surface area contributed by atoms with Crippen molar-refractivity contribution < 1.29 is 14.3 Å². The number of esters is 1. The van der Waals surface area contributed by atoms with Crippen LogP contribution in [0.1, 0.15) is 11.6 Å². The lowest BCUT2D eigenvalue weighted by Gasteiger charge is -2.19. The maximum absolute atomic E-state index is 11.5. The predicted molar refractivity (Wildman–Crippen MR) is 61.1 cm³/mol. The van der Waals surface area contributed by atoms with Gasteiger partial charge < -0.3 is 9.47 Å². The molecule has 90 valence electrons. The first-order valence-electron chi connectivity index (χ1n) is 4.94. The van der Waals surface area contributed by atoms with Crippen LogP contribution in [-0.2, 0) is 14.3 Å². The maximum atomic E-state index is 11.5. The van der Waals surface area contributed by atoms with Gasteiger partial charge in [0.15, 0.2) is 6.10 Å². The molecule has 0 aliphatic rings. The zero-order valence-electron chi connectivity index (χ0n) is 9.61. The number of hydrogen-bond acceptors (Lipinski definition) is 4. The number of nitrogens with zero attached hydrogens (tertiary/aromatic N) is 3. The molecule has 6 heteroatoms. The van der Waals surface area contributed by atoms with E-state index in [1.165, 1.54) is 14.2 Å². The zero-order chi connectivity index (χ0) is 12.7. The molecule has 0 aliphatic carbocycles. The first-order valence-corrected chi connectivity index (χ1v) is 4.94. The van der Waals surface area contributed by atoms with E-state index in [1.807, 2.05) is 6.07 Å². The molecule has 1 aromatic carbocycles. The molecular formula is C11H13N3O3. The molecule has 0 saturated heterocycles. The summed E-state index contributed by atoms with van der Waals surface area (Å²) in [7, 11) is 2.62. The van der Waals surface area contributed by atoms with Gasteiger partial charge in [0, 0.05) is 12.0 Å². The van der Waals surface area contributed by atoms with Gasteiger partial charge >= 0.3 is 5.97 Å². The van der Waals surface area contributed by atoms with E-state index in [1.54, 1.807) is 24.3 Å². The van der Waals surface area contributed by atoms with Gasteiger partial charge in [0.25, 0.3) is 0 Å². The fourth-order valence-electron chi connectivity index (χ4n) is 1.48. The van der Waals surface area contributed by atoms with Crippen molar-refractivity contribution in [3.8, 4) is 0 Å². The summed E-state index contributed by atoms with van der Waals surface area (Å²) in [6.45, 7) is 0. The summed E-state index contributed by atoms with van der Waals surface area (Å²) in [5, 5.41) is 3.59. The third-order valence-electron chi connectivity index (χ3n) is 2.29. The van der Waals surface area contributed by atoms with Crippen LogP contribution in [0.5, 0.6) is 0 Å². The van der Waals surface area contributed by atoms with Crippen molar-refractivity contribution in [2.24, 2.45) is 5.11 Å². The second kappa shape index (κ2) is 6.52. The van der Waals surface area contributed by atoms with E-state index in [4.69, 9.17) is 10.3 Å². The molecule has 2 atom stereocenters. The minimum absolute atomic E-state index is 0.575. The van der Waals surface area contributed by atoms with Gasteiger partial charge in [0.2, 0.25) is 0 Å². The van der Waals surface area contributed by atoms with Gasteiger partial charge in [-0.05, 0) is 11.1 Å². The number of benzene rings is 1. The van der Waals surface area contributed by atoms with Crippen LogP contribution in [0.2, 0.25) is 0 Å².